The van der Waals surface area contributed by atoms with Gasteiger partial charge in [0.25, 0.3) is 0 Å². The number of hydrogen-bond acceptors (Lipinski definition) is 1. The first-order valence-electron chi connectivity index (χ1n) is 7.19. The third-order valence-electron chi connectivity index (χ3n) is 3.81. The predicted octanol–water partition coefficient (Wildman–Crippen LogP) is 4.87. The van der Waals surface area contributed by atoms with Gasteiger partial charge in [0.1, 0.15) is 0 Å². The molecule has 0 spiro atoms. The van der Waals surface area contributed by atoms with Crippen LogP contribution in [-0.2, 0) is 0 Å². The summed E-state index contributed by atoms with van der Waals surface area (Å²) in [6.45, 7) is 0. The molecular formula is C19H14N2O. The summed E-state index contributed by atoms with van der Waals surface area (Å²) in [5, 5.41) is 5.12. The topological polar surface area (TPSA) is 34.0 Å². The minimum absolute atomic E-state index is 0.149. The molecule has 0 bridgehead atoms. The number of carbonyl (C=O) groups is 1. The molecule has 0 aliphatic carbocycles. The van der Waals surface area contributed by atoms with Gasteiger partial charge in [-0.05, 0) is 24.3 Å². The number of para-hydroxylation sites is 3. The molecule has 0 radical (unpaired) electrons. The molecule has 3 aromatic carbocycles. The zero-order chi connectivity index (χ0) is 14.9. The fourth-order valence-corrected chi connectivity index (χ4v) is 2.84. The van der Waals surface area contributed by atoms with Crippen molar-refractivity contribution in [3.05, 3.63) is 78.9 Å². The Morgan fingerprint density at radius 3 is 1.77 bits per heavy atom. The van der Waals surface area contributed by atoms with Crippen molar-refractivity contribution in [2.24, 2.45) is 0 Å². The zero-order valence-electron chi connectivity index (χ0n) is 11.9. The Hall–Kier alpha value is -3.07. The first-order valence-corrected chi connectivity index (χ1v) is 7.19. The summed E-state index contributed by atoms with van der Waals surface area (Å²) in [7, 11) is 0. The number of anilines is 1. The quantitative estimate of drug-likeness (QED) is 0.532. The van der Waals surface area contributed by atoms with E-state index in [1.807, 2.05) is 78.9 Å². The Morgan fingerprint density at radius 2 is 1.18 bits per heavy atom. The van der Waals surface area contributed by atoms with E-state index in [2.05, 4.69) is 5.32 Å². The lowest BCUT2D eigenvalue weighted by Crippen LogP contribution is -2.18. The first kappa shape index (κ1) is 12.7. The van der Waals surface area contributed by atoms with Crippen molar-refractivity contribution in [3.63, 3.8) is 0 Å². The lowest BCUT2D eigenvalue weighted by atomic mass is 10.2. The smallest absolute Gasteiger partial charge is 0.307 e. The highest BCUT2D eigenvalue weighted by molar-refractivity contribution is 6.14. The Bertz CT molecular complexity index is 917. The number of amides is 1. The molecule has 0 aliphatic rings. The van der Waals surface area contributed by atoms with Crippen LogP contribution in [0.25, 0.3) is 21.8 Å². The maximum atomic E-state index is 12.8. The van der Waals surface area contributed by atoms with Gasteiger partial charge in [0, 0.05) is 16.5 Å². The van der Waals surface area contributed by atoms with Crippen molar-refractivity contribution in [3.8, 4) is 0 Å². The van der Waals surface area contributed by atoms with Crippen molar-refractivity contribution >= 4 is 33.5 Å². The molecule has 0 saturated carbocycles. The summed E-state index contributed by atoms with van der Waals surface area (Å²) >= 11 is 0. The first-order chi connectivity index (χ1) is 10.8. The number of benzene rings is 3. The van der Waals surface area contributed by atoms with Crippen molar-refractivity contribution in [2.75, 3.05) is 5.32 Å². The fraction of sp³-hybridized carbons (Fsp3) is 0. The fourth-order valence-electron chi connectivity index (χ4n) is 2.84. The summed E-state index contributed by atoms with van der Waals surface area (Å²) in [5.74, 6) is 0. The number of aromatic nitrogens is 1. The molecule has 4 aromatic rings. The Morgan fingerprint density at radius 1 is 0.682 bits per heavy atom. The van der Waals surface area contributed by atoms with Crippen LogP contribution in [0.3, 0.4) is 0 Å². The van der Waals surface area contributed by atoms with Gasteiger partial charge in [-0.2, -0.15) is 0 Å². The maximum absolute atomic E-state index is 12.8. The van der Waals surface area contributed by atoms with Crippen molar-refractivity contribution < 1.29 is 4.79 Å². The van der Waals surface area contributed by atoms with Gasteiger partial charge in [-0.1, -0.05) is 54.6 Å². The standard InChI is InChI=1S/C19H14N2O/c22-19(20-14-8-2-1-3-9-14)21-17-12-6-4-10-15(17)16-11-5-7-13-18(16)21/h1-13H,(H,20,22). The van der Waals surface area contributed by atoms with Crippen LogP contribution in [0.15, 0.2) is 78.9 Å². The number of fused-ring (bicyclic) bond motifs is 3. The van der Waals surface area contributed by atoms with Crippen LogP contribution < -0.4 is 5.32 Å². The van der Waals surface area contributed by atoms with Crippen LogP contribution in [-0.4, -0.2) is 10.6 Å². The second-order valence-electron chi connectivity index (χ2n) is 5.17. The lowest BCUT2D eigenvalue weighted by molar-refractivity contribution is 0.255. The van der Waals surface area contributed by atoms with Crippen LogP contribution in [0, 0.1) is 0 Å². The van der Waals surface area contributed by atoms with Gasteiger partial charge in [-0.15, -0.1) is 0 Å². The van der Waals surface area contributed by atoms with Gasteiger partial charge < -0.3 is 5.32 Å². The molecule has 22 heavy (non-hydrogen) atoms. The van der Waals surface area contributed by atoms with E-state index in [0.717, 1.165) is 27.5 Å². The van der Waals surface area contributed by atoms with Gasteiger partial charge in [-0.25, -0.2) is 4.79 Å². The van der Waals surface area contributed by atoms with Crippen molar-refractivity contribution in [2.45, 2.75) is 0 Å². The molecule has 0 aliphatic heterocycles. The van der Waals surface area contributed by atoms with E-state index < -0.39 is 0 Å². The molecule has 0 fully saturated rings. The Kier molecular flexibility index (Phi) is 2.90. The molecule has 0 atom stereocenters. The second-order valence-corrected chi connectivity index (χ2v) is 5.17. The van der Waals surface area contributed by atoms with Gasteiger partial charge in [0.05, 0.1) is 11.0 Å². The molecule has 0 unspecified atom stereocenters. The van der Waals surface area contributed by atoms with E-state index in [1.54, 1.807) is 4.57 Å². The monoisotopic (exact) mass is 286 g/mol. The predicted molar refractivity (Wildman–Crippen MR) is 90.3 cm³/mol. The van der Waals surface area contributed by atoms with E-state index in [4.69, 9.17) is 0 Å². The highest BCUT2D eigenvalue weighted by Gasteiger charge is 2.15. The van der Waals surface area contributed by atoms with E-state index in [-0.39, 0.29) is 6.03 Å². The molecule has 3 heteroatoms. The summed E-state index contributed by atoms with van der Waals surface area (Å²) in [6, 6.07) is 25.3. The van der Waals surface area contributed by atoms with Gasteiger partial charge >= 0.3 is 6.03 Å². The molecular weight excluding hydrogens is 272 g/mol. The number of rotatable bonds is 1. The number of nitrogens with one attached hydrogen (secondary N) is 1. The minimum atomic E-state index is -0.149. The summed E-state index contributed by atoms with van der Waals surface area (Å²) < 4.78 is 1.73. The largest absolute Gasteiger partial charge is 0.330 e. The average Bonchev–Trinajstić information content (AvgIpc) is 2.90. The highest BCUT2D eigenvalue weighted by atomic mass is 16.2. The average molecular weight is 286 g/mol. The number of carbonyl (C=O) groups excluding carboxylic acids is 1. The van der Waals surface area contributed by atoms with Crippen LogP contribution in [0.1, 0.15) is 0 Å². The summed E-state index contributed by atoms with van der Waals surface area (Å²) in [5.41, 5.74) is 2.61. The Labute approximate surface area is 127 Å². The maximum Gasteiger partial charge on any atom is 0.330 e. The molecule has 3 nitrogen and oxygen atoms in total. The summed E-state index contributed by atoms with van der Waals surface area (Å²) in [6.07, 6.45) is 0. The molecule has 1 heterocycles. The third kappa shape index (κ3) is 1.95. The van der Waals surface area contributed by atoms with Gasteiger partial charge in [0.15, 0.2) is 0 Å². The van der Waals surface area contributed by atoms with Crippen LogP contribution >= 0.6 is 0 Å². The van der Waals surface area contributed by atoms with E-state index in [0.29, 0.717) is 0 Å². The SMILES string of the molecule is O=C(Nc1ccccc1)n1c2ccccc2c2ccccc21. The Balaban J connectivity index is 1.91. The highest BCUT2D eigenvalue weighted by Crippen LogP contribution is 2.28. The molecule has 1 aromatic heterocycles. The molecule has 4 rings (SSSR count). The molecule has 106 valence electrons. The molecule has 1 N–H and O–H groups in total. The minimum Gasteiger partial charge on any atom is -0.307 e. The zero-order valence-corrected chi connectivity index (χ0v) is 11.9. The second kappa shape index (κ2) is 5.04. The number of hydrogen-bond donors (Lipinski definition) is 1. The molecule has 1 amide bonds. The van der Waals surface area contributed by atoms with E-state index >= 15 is 0 Å². The number of nitrogens with zero attached hydrogens (tertiary/aromatic N) is 1. The van der Waals surface area contributed by atoms with Crippen molar-refractivity contribution in [1.29, 1.82) is 0 Å². The van der Waals surface area contributed by atoms with E-state index in [1.165, 1.54) is 0 Å². The van der Waals surface area contributed by atoms with Crippen molar-refractivity contribution in [1.82, 2.24) is 4.57 Å². The normalized spacial score (nSPS) is 10.9. The lowest BCUT2D eigenvalue weighted by Gasteiger charge is -2.08. The van der Waals surface area contributed by atoms with Crippen LogP contribution in [0.5, 0.6) is 0 Å². The van der Waals surface area contributed by atoms with E-state index in [9.17, 15) is 4.79 Å². The molecule has 0 saturated heterocycles. The summed E-state index contributed by atoms with van der Waals surface area (Å²) in [4.78, 5) is 12.8. The third-order valence-corrected chi connectivity index (χ3v) is 3.81. The van der Waals surface area contributed by atoms with Crippen LogP contribution in [0.2, 0.25) is 0 Å². The van der Waals surface area contributed by atoms with Crippen LogP contribution in [0.4, 0.5) is 10.5 Å². The van der Waals surface area contributed by atoms with Gasteiger partial charge in [-0.3, -0.25) is 4.57 Å². The van der Waals surface area contributed by atoms with Gasteiger partial charge in [0.2, 0.25) is 0 Å².